The molecule has 1 fully saturated rings. The van der Waals surface area contributed by atoms with Crippen molar-refractivity contribution in [2.45, 2.75) is 39.5 Å². The summed E-state index contributed by atoms with van der Waals surface area (Å²) in [6.07, 6.45) is 5.18. The molecule has 0 spiro atoms. The molecule has 0 amide bonds. The minimum atomic E-state index is -0.340. The summed E-state index contributed by atoms with van der Waals surface area (Å²) in [7, 11) is 0. The van der Waals surface area contributed by atoms with Crippen molar-refractivity contribution in [3.05, 3.63) is 33.9 Å². The third kappa shape index (κ3) is 3.69. The van der Waals surface area contributed by atoms with Crippen LogP contribution in [-0.2, 0) is 0 Å². The Balaban J connectivity index is 1.98. The summed E-state index contributed by atoms with van der Waals surface area (Å²) in [4.78, 5) is 10.5. The maximum Gasteiger partial charge on any atom is 0.271 e. The summed E-state index contributed by atoms with van der Waals surface area (Å²) in [6.45, 7) is 5.21. The van der Waals surface area contributed by atoms with Crippen molar-refractivity contribution in [2.24, 2.45) is 11.8 Å². The number of non-ortho nitro benzene ring substituents is 1. The quantitative estimate of drug-likeness (QED) is 0.655. The van der Waals surface area contributed by atoms with E-state index in [4.69, 9.17) is 0 Å². The van der Waals surface area contributed by atoms with Crippen LogP contribution >= 0.6 is 0 Å². The van der Waals surface area contributed by atoms with Gasteiger partial charge in [-0.2, -0.15) is 0 Å². The lowest BCUT2D eigenvalue weighted by Gasteiger charge is -2.27. The first-order chi connectivity index (χ1) is 9.06. The summed E-state index contributed by atoms with van der Waals surface area (Å²) in [5.41, 5.74) is 2.12. The zero-order valence-electron chi connectivity index (χ0n) is 11.7. The molecule has 2 unspecified atom stereocenters. The monoisotopic (exact) mass is 262 g/mol. The third-order valence-electron chi connectivity index (χ3n) is 4.06. The average Bonchev–Trinajstić information content (AvgIpc) is 2.37. The molecule has 0 bridgehead atoms. The molecule has 2 atom stereocenters. The minimum absolute atomic E-state index is 0.158. The van der Waals surface area contributed by atoms with Gasteiger partial charge >= 0.3 is 0 Å². The van der Waals surface area contributed by atoms with Gasteiger partial charge in [0, 0.05) is 24.4 Å². The van der Waals surface area contributed by atoms with Gasteiger partial charge < -0.3 is 5.32 Å². The van der Waals surface area contributed by atoms with Crippen molar-refractivity contribution in [2.75, 3.05) is 11.9 Å². The largest absolute Gasteiger partial charge is 0.384 e. The number of nitro benzene ring substituents is 1. The molecule has 1 aromatic carbocycles. The fourth-order valence-electron chi connectivity index (χ4n) is 2.91. The molecule has 4 nitrogen and oxygen atoms in total. The fraction of sp³-hybridized carbons (Fsp3) is 0.600. The lowest BCUT2D eigenvalue weighted by Crippen LogP contribution is -2.21. The molecule has 1 saturated carbocycles. The predicted octanol–water partition coefficient (Wildman–Crippen LogP) is 4.14. The topological polar surface area (TPSA) is 55.2 Å². The summed E-state index contributed by atoms with van der Waals surface area (Å²) in [5, 5.41) is 14.2. The highest BCUT2D eigenvalue weighted by Crippen LogP contribution is 2.29. The van der Waals surface area contributed by atoms with Gasteiger partial charge in [-0.05, 0) is 37.2 Å². The SMILES string of the molecule is Cc1ccc([N+](=O)[O-])cc1NCC1CCCC(C)C1. The van der Waals surface area contributed by atoms with E-state index in [1.165, 1.54) is 25.7 Å². The maximum atomic E-state index is 10.8. The Kier molecular flexibility index (Phi) is 4.40. The van der Waals surface area contributed by atoms with E-state index >= 15 is 0 Å². The molecule has 2 rings (SSSR count). The molecule has 19 heavy (non-hydrogen) atoms. The summed E-state index contributed by atoms with van der Waals surface area (Å²) in [5.74, 6) is 1.51. The third-order valence-corrected chi connectivity index (χ3v) is 4.06. The van der Waals surface area contributed by atoms with E-state index in [1.54, 1.807) is 12.1 Å². The van der Waals surface area contributed by atoms with Gasteiger partial charge in [0.1, 0.15) is 0 Å². The highest BCUT2D eigenvalue weighted by Gasteiger charge is 2.19. The molecular formula is C15H22N2O2. The van der Waals surface area contributed by atoms with Gasteiger partial charge in [-0.1, -0.05) is 25.8 Å². The molecule has 1 N–H and O–H groups in total. The van der Waals surface area contributed by atoms with Crippen molar-refractivity contribution >= 4 is 11.4 Å². The van der Waals surface area contributed by atoms with E-state index in [2.05, 4.69) is 12.2 Å². The van der Waals surface area contributed by atoms with Gasteiger partial charge in [0.2, 0.25) is 0 Å². The second-order valence-electron chi connectivity index (χ2n) is 5.78. The van der Waals surface area contributed by atoms with Crippen molar-refractivity contribution in [3.8, 4) is 0 Å². The number of rotatable bonds is 4. The normalized spacial score (nSPS) is 23.1. The Morgan fingerprint density at radius 1 is 1.42 bits per heavy atom. The van der Waals surface area contributed by atoms with Crippen LogP contribution in [0.3, 0.4) is 0 Å². The second-order valence-corrected chi connectivity index (χ2v) is 5.78. The van der Waals surface area contributed by atoms with Crippen LogP contribution in [-0.4, -0.2) is 11.5 Å². The Morgan fingerprint density at radius 2 is 2.21 bits per heavy atom. The number of benzene rings is 1. The molecule has 1 aliphatic rings. The Hall–Kier alpha value is -1.58. The number of hydrogen-bond acceptors (Lipinski definition) is 3. The number of anilines is 1. The van der Waals surface area contributed by atoms with Gasteiger partial charge in [-0.3, -0.25) is 10.1 Å². The summed E-state index contributed by atoms with van der Waals surface area (Å²) in [6, 6.07) is 5.01. The summed E-state index contributed by atoms with van der Waals surface area (Å²) >= 11 is 0. The zero-order chi connectivity index (χ0) is 13.8. The molecule has 1 aromatic rings. The average molecular weight is 262 g/mol. The highest BCUT2D eigenvalue weighted by atomic mass is 16.6. The molecule has 0 radical (unpaired) electrons. The molecule has 1 aliphatic carbocycles. The van der Waals surface area contributed by atoms with Crippen LogP contribution in [0.4, 0.5) is 11.4 Å². The van der Waals surface area contributed by atoms with Crippen LogP contribution in [0, 0.1) is 28.9 Å². The number of nitrogens with zero attached hydrogens (tertiary/aromatic N) is 1. The van der Waals surface area contributed by atoms with Gasteiger partial charge in [0.05, 0.1) is 4.92 Å². The smallest absolute Gasteiger partial charge is 0.271 e. The van der Waals surface area contributed by atoms with E-state index in [0.29, 0.717) is 5.92 Å². The van der Waals surface area contributed by atoms with Crippen LogP contribution in [0.5, 0.6) is 0 Å². The molecule has 0 aromatic heterocycles. The van der Waals surface area contributed by atoms with E-state index in [-0.39, 0.29) is 10.6 Å². The maximum absolute atomic E-state index is 10.8. The van der Waals surface area contributed by atoms with Gasteiger partial charge in [-0.25, -0.2) is 0 Å². The van der Waals surface area contributed by atoms with Crippen molar-refractivity contribution < 1.29 is 4.92 Å². The van der Waals surface area contributed by atoms with E-state index in [0.717, 1.165) is 23.7 Å². The van der Waals surface area contributed by atoms with Gasteiger partial charge in [0.15, 0.2) is 0 Å². The molecule has 4 heteroatoms. The van der Waals surface area contributed by atoms with Crippen molar-refractivity contribution in [1.29, 1.82) is 0 Å². The van der Waals surface area contributed by atoms with Gasteiger partial charge in [0.25, 0.3) is 5.69 Å². The van der Waals surface area contributed by atoms with E-state index in [9.17, 15) is 10.1 Å². The molecular weight excluding hydrogens is 240 g/mol. The van der Waals surface area contributed by atoms with Crippen LogP contribution in [0.1, 0.15) is 38.2 Å². The first-order valence-electron chi connectivity index (χ1n) is 7.05. The lowest BCUT2D eigenvalue weighted by atomic mass is 9.82. The Morgan fingerprint density at radius 3 is 2.89 bits per heavy atom. The fourth-order valence-corrected chi connectivity index (χ4v) is 2.91. The number of hydrogen-bond donors (Lipinski definition) is 1. The number of nitrogens with one attached hydrogen (secondary N) is 1. The van der Waals surface area contributed by atoms with E-state index < -0.39 is 0 Å². The predicted molar refractivity (Wildman–Crippen MR) is 77.4 cm³/mol. The highest BCUT2D eigenvalue weighted by molar-refractivity contribution is 5.56. The lowest BCUT2D eigenvalue weighted by molar-refractivity contribution is -0.384. The Bertz CT molecular complexity index is 459. The first kappa shape index (κ1) is 13.8. The van der Waals surface area contributed by atoms with Crippen LogP contribution in [0.15, 0.2) is 18.2 Å². The summed E-state index contributed by atoms with van der Waals surface area (Å²) < 4.78 is 0. The molecule has 0 saturated heterocycles. The number of nitro groups is 1. The standard InChI is InChI=1S/C15H22N2O2/c1-11-4-3-5-13(8-11)10-16-15-9-14(17(18)19)7-6-12(15)2/h6-7,9,11,13,16H,3-5,8,10H2,1-2H3. The van der Waals surface area contributed by atoms with Crippen molar-refractivity contribution in [3.63, 3.8) is 0 Å². The second kappa shape index (κ2) is 6.04. The van der Waals surface area contributed by atoms with Crippen LogP contribution in [0.2, 0.25) is 0 Å². The van der Waals surface area contributed by atoms with Crippen LogP contribution in [0.25, 0.3) is 0 Å². The molecule has 0 aliphatic heterocycles. The number of aryl methyl sites for hydroxylation is 1. The Labute approximate surface area is 114 Å². The van der Waals surface area contributed by atoms with E-state index in [1.807, 2.05) is 13.0 Å². The minimum Gasteiger partial charge on any atom is -0.384 e. The zero-order valence-corrected chi connectivity index (χ0v) is 11.7. The van der Waals surface area contributed by atoms with Crippen molar-refractivity contribution in [1.82, 2.24) is 0 Å². The molecule has 0 heterocycles. The van der Waals surface area contributed by atoms with Crippen LogP contribution < -0.4 is 5.32 Å². The van der Waals surface area contributed by atoms with Gasteiger partial charge in [-0.15, -0.1) is 0 Å². The first-order valence-corrected chi connectivity index (χ1v) is 7.05. The molecule has 104 valence electrons.